The van der Waals surface area contributed by atoms with Gasteiger partial charge in [0.05, 0.1) is 19.8 Å². The summed E-state index contributed by atoms with van der Waals surface area (Å²) in [6.07, 6.45) is 12.8. The van der Waals surface area contributed by atoms with E-state index in [4.69, 9.17) is 13.6 Å². The summed E-state index contributed by atoms with van der Waals surface area (Å²) >= 11 is 0. The molecule has 4 heteroatoms. The van der Waals surface area contributed by atoms with Crippen LogP contribution in [0.2, 0.25) is 0 Å². The minimum atomic E-state index is -1.21. The van der Waals surface area contributed by atoms with Gasteiger partial charge in [-0.3, -0.25) is 0 Å². The molecule has 0 amide bonds. The molecule has 0 aromatic carbocycles. The van der Waals surface area contributed by atoms with E-state index in [1.54, 1.807) is 11.1 Å². The lowest BCUT2D eigenvalue weighted by atomic mass is 9.47. The predicted molar refractivity (Wildman–Crippen MR) is 118 cm³/mol. The zero-order valence-corrected chi connectivity index (χ0v) is 19.8. The van der Waals surface area contributed by atoms with E-state index in [9.17, 15) is 0 Å². The Morgan fingerprint density at radius 3 is 2.46 bits per heavy atom. The Kier molecular flexibility index (Phi) is 7.46. The van der Waals surface area contributed by atoms with Crippen molar-refractivity contribution in [2.24, 2.45) is 28.6 Å². The SMILES string of the molecule is CCOP(OCC)OC[C@]1(C)CCCC2(C)C3CCC(C(C)C)=CC3=CCC21. The Hall–Kier alpha value is -0.210. The number of fused-ring (bicyclic) bond motifs is 3. The van der Waals surface area contributed by atoms with Crippen molar-refractivity contribution in [2.75, 3.05) is 19.8 Å². The highest BCUT2D eigenvalue weighted by atomic mass is 31.2. The van der Waals surface area contributed by atoms with Crippen molar-refractivity contribution >= 4 is 8.60 Å². The first kappa shape index (κ1) is 22.5. The van der Waals surface area contributed by atoms with Gasteiger partial charge in [-0.15, -0.1) is 0 Å². The first-order valence-electron chi connectivity index (χ1n) is 11.4. The lowest BCUT2D eigenvalue weighted by molar-refractivity contribution is -0.0716. The zero-order chi connectivity index (χ0) is 20.4. The maximum absolute atomic E-state index is 6.23. The zero-order valence-electron chi connectivity index (χ0n) is 18.9. The summed E-state index contributed by atoms with van der Waals surface area (Å²) in [6, 6.07) is 0. The monoisotopic (exact) mass is 408 g/mol. The van der Waals surface area contributed by atoms with Gasteiger partial charge in [0.2, 0.25) is 0 Å². The molecule has 0 aromatic heterocycles. The Morgan fingerprint density at radius 1 is 1.11 bits per heavy atom. The highest BCUT2D eigenvalue weighted by Crippen LogP contribution is 2.62. The molecule has 0 aromatic rings. The molecule has 28 heavy (non-hydrogen) atoms. The number of rotatable bonds is 8. The standard InChI is InChI=1S/C24H41O3P/c1-7-25-28(26-8-2)27-17-23(5)14-9-15-24(6)21-12-10-19(18(3)4)16-20(21)11-13-22(23)24/h11,16,18,21-22H,7-10,12-15,17H2,1-6H3/t21?,22?,23-,24?/m0/s1. The van der Waals surface area contributed by atoms with Crippen LogP contribution in [-0.2, 0) is 13.6 Å². The second kappa shape index (κ2) is 9.29. The molecule has 1 fully saturated rings. The minimum absolute atomic E-state index is 0.200. The largest absolute Gasteiger partial charge is 0.332 e. The normalized spacial score (nSPS) is 35.4. The molecule has 1 saturated carbocycles. The molecular weight excluding hydrogens is 367 g/mol. The van der Waals surface area contributed by atoms with Gasteiger partial charge in [-0.05, 0) is 80.1 Å². The van der Waals surface area contributed by atoms with Gasteiger partial charge in [0.25, 0.3) is 0 Å². The van der Waals surface area contributed by atoms with E-state index in [0.717, 1.165) is 6.61 Å². The van der Waals surface area contributed by atoms with Crippen LogP contribution < -0.4 is 0 Å². The smallest absolute Gasteiger partial charge is 0.313 e. The maximum Gasteiger partial charge on any atom is 0.332 e. The van der Waals surface area contributed by atoms with E-state index < -0.39 is 8.60 Å². The fourth-order valence-corrected chi connectivity index (χ4v) is 7.22. The van der Waals surface area contributed by atoms with Gasteiger partial charge in [-0.25, -0.2) is 0 Å². The summed E-state index contributed by atoms with van der Waals surface area (Å²) in [7, 11) is -1.21. The molecule has 4 atom stereocenters. The van der Waals surface area contributed by atoms with Crippen LogP contribution >= 0.6 is 8.60 Å². The Labute approximate surface area is 174 Å². The number of hydrogen-bond acceptors (Lipinski definition) is 3. The molecule has 3 unspecified atom stereocenters. The van der Waals surface area contributed by atoms with Gasteiger partial charge in [0.15, 0.2) is 0 Å². The molecular formula is C24H41O3P. The molecule has 0 saturated heterocycles. The highest BCUT2D eigenvalue weighted by molar-refractivity contribution is 7.41. The minimum Gasteiger partial charge on any atom is -0.313 e. The molecule has 3 rings (SSSR count). The van der Waals surface area contributed by atoms with Crippen LogP contribution in [-0.4, -0.2) is 19.8 Å². The van der Waals surface area contributed by atoms with Crippen molar-refractivity contribution < 1.29 is 13.6 Å². The first-order chi connectivity index (χ1) is 13.3. The Morgan fingerprint density at radius 2 is 1.82 bits per heavy atom. The molecule has 3 aliphatic rings. The third kappa shape index (κ3) is 4.43. The van der Waals surface area contributed by atoms with Crippen LogP contribution in [0.15, 0.2) is 23.3 Å². The van der Waals surface area contributed by atoms with E-state index in [-0.39, 0.29) is 5.41 Å². The molecule has 0 bridgehead atoms. The van der Waals surface area contributed by atoms with E-state index in [0.29, 0.717) is 36.4 Å². The third-order valence-corrected chi connectivity index (χ3v) is 8.95. The molecule has 160 valence electrons. The van der Waals surface area contributed by atoms with E-state index in [2.05, 4.69) is 39.8 Å². The molecule has 0 N–H and O–H groups in total. The summed E-state index contributed by atoms with van der Waals surface area (Å²) in [4.78, 5) is 0. The van der Waals surface area contributed by atoms with Crippen LogP contribution in [0.3, 0.4) is 0 Å². The molecule has 0 aliphatic heterocycles. The second-order valence-corrected chi connectivity index (χ2v) is 11.0. The van der Waals surface area contributed by atoms with E-state index >= 15 is 0 Å². The topological polar surface area (TPSA) is 27.7 Å². The second-order valence-electron chi connectivity index (χ2n) is 9.80. The lowest BCUT2D eigenvalue weighted by Crippen LogP contribution is -2.51. The summed E-state index contributed by atoms with van der Waals surface area (Å²) in [6.45, 7) is 15.8. The van der Waals surface area contributed by atoms with Gasteiger partial charge in [-0.1, -0.05) is 51.8 Å². The molecule has 0 radical (unpaired) electrons. The molecule has 0 spiro atoms. The van der Waals surface area contributed by atoms with Crippen LogP contribution in [0.5, 0.6) is 0 Å². The van der Waals surface area contributed by atoms with Crippen LogP contribution in [0, 0.1) is 28.6 Å². The van der Waals surface area contributed by atoms with Gasteiger partial charge in [0.1, 0.15) is 0 Å². The van der Waals surface area contributed by atoms with Crippen LogP contribution in [0.4, 0.5) is 0 Å². The summed E-state index contributed by atoms with van der Waals surface area (Å²) in [5.74, 6) is 2.07. The lowest BCUT2D eigenvalue weighted by Gasteiger charge is -2.58. The summed E-state index contributed by atoms with van der Waals surface area (Å²) < 4.78 is 17.6. The molecule has 3 aliphatic carbocycles. The number of allylic oxidation sites excluding steroid dienone is 4. The predicted octanol–water partition coefficient (Wildman–Crippen LogP) is 7.44. The van der Waals surface area contributed by atoms with Gasteiger partial charge in [-0.2, -0.15) is 0 Å². The van der Waals surface area contributed by atoms with Crippen LogP contribution in [0.25, 0.3) is 0 Å². The van der Waals surface area contributed by atoms with E-state index in [1.165, 1.54) is 38.5 Å². The summed E-state index contributed by atoms with van der Waals surface area (Å²) in [5.41, 5.74) is 3.86. The first-order valence-corrected chi connectivity index (χ1v) is 12.5. The van der Waals surface area contributed by atoms with Crippen molar-refractivity contribution in [2.45, 2.75) is 80.1 Å². The van der Waals surface area contributed by atoms with Gasteiger partial charge in [0, 0.05) is 0 Å². The Bertz CT molecular complexity index is 593. The van der Waals surface area contributed by atoms with Crippen molar-refractivity contribution in [3.63, 3.8) is 0 Å². The van der Waals surface area contributed by atoms with Crippen molar-refractivity contribution in [1.29, 1.82) is 0 Å². The third-order valence-electron chi connectivity index (χ3n) is 7.67. The average molecular weight is 409 g/mol. The van der Waals surface area contributed by atoms with Crippen molar-refractivity contribution in [1.82, 2.24) is 0 Å². The number of hydrogen-bond donors (Lipinski definition) is 0. The maximum atomic E-state index is 6.23. The van der Waals surface area contributed by atoms with Crippen LogP contribution in [0.1, 0.15) is 80.1 Å². The highest BCUT2D eigenvalue weighted by Gasteiger charge is 2.54. The molecule has 3 nitrogen and oxygen atoms in total. The van der Waals surface area contributed by atoms with Gasteiger partial charge >= 0.3 is 8.60 Å². The average Bonchev–Trinajstić information content (AvgIpc) is 2.66. The summed E-state index contributed by atoms with van der Waals surface area (Å²) in [5, 5.41) is 0. The fourth-order valence-electron chi connectivity index (χ4n) is 6.17. The van der Waals surface area contributed by atoms with Gasteiger partial charge < -0.3 is 13.6 Å². The Balaban J connectivity index is 1.78. The van der Waals surface area contributed by atoms with Crippen molar-refractivity contribution in [3.8, 4) is 0 Å². The van der Waals surface area contributed by atoms with E-state index in [1.807, 2.05) is 13.8 Å². The quantitative estimate of drug-likeness (QED) is 0.391. The molecule has 0 heterocycles. The fraction of sp³-hybridized carbons (Fsp3) is 0.833. The van der Waals surface area contributed by atoms with Crippen molar-refractivity contribution in [3.05, 3.63) is 23.3 Å².